The van der Waals surface area contributed by atoms with Crippen LogP contribution >= 0.6 is 0 Å². The molecular weight excluding hydrogens is 302 g/mol. The van der Waals surface area contributed by atoms with Crippen molar-refractivity contribution < 1.29 is 9.53 Å². The number of amidine groups is 1. The summed E-state index contributed by atoms with van der Waals surface area (Å²) in [7, 11) is 3.32. The van der Waals surface area contributed by atoms with E-state index in [0.29, 0.717) is 18.7 Å². The second-order valence-electron chi connectivity index (χ2n) is 5.61. The number of rotatable bonds is 5. The van der Waals surface area contributed by atoms with Gasteiger partial charge in [-0.05, 0) is 29.8 Å². The molecule has 5 heteroatoms. The molecule has 1 heterocycles. The third kappa shape index (κ3) is 3.31. The van der Waals surface area contributed by atoms with Gasteiger partial charge in [0.15, 0.2) is 0 Å². The standard InChI is InChI=1S/C19H21N3O2/c1-20-19(23)15-7-5-8-16(12-15)22(10-11-24-2)18-13-14-6-3-4-9-17(14)21-18/h3-9,12H,10-11,13H2,1-2H3,(H,20,23). The first-order chi connectivity index (χ1) is 11.7. The zero-order valence-corrected chi connectivity index (χ0v) is 14.0. The van der Waals surface area contributed by atoms with Gasteiger partial charge in [0.05, 0.1) is 12.3 Å². The molecule has 1 aliphatic rings. The fourth-order valence-electron chi connectivity index (χ4n) is 2.82. The molecule has 2 aromatic rings. The zero-order chi connectivity index (χ0) is 16.9. The van der Waals surface area contributed by atoms with E-state index in [0.717, 1.165) is 23.6 Å². The molecule has 0 atom stereocenters. The van der Waals surface area contributed by atoms with Gasteiger partial charge in [-0.2, -0.15) is 0 Å². The molecule has 1 amide bonds. The Morgan fingerprint density at radius 3 is 2.83 bits per heavy atom. The summed E-state index contributed by atoms with van der Waals surface area (Å²) in [5.41, 5.74) is 3.81. The SMILES string of the molecule is CNC(=O)c1cccc(N(CCOC)C2=Nc3ccccc3C2)c1. The number of methoxy groups -OCH3 is 1. The molecule has 3 rings (SSSR count). The second-order valence-corrected chi connectivity index (χ2v) is 5.61. The van der Waals surface area contributed by atoms with Crippen LogP contribution in [0, 0.1) is 0 Å². The molecule has 124 valence electrons. The molecule has 1 aliphatic heterocycles. The van der Waals surface area contributed by atoms with Crippen LogP contribution < -0.4 is 10.2 Å². The summed E-state index contributed by atoms with van der Waals surface area (Å²) in [4.78, 5) is 18.8. The van der Waals surface area contributed by atoms with E-state index >= 15 is 0 Å². The first-order valence-electron chi connectivity index (χ1n) is 7.97. The fourth-order valence-corrected chi connectivity index (χ4v) is 2.82. The molecule has 0 saturated carbocycles. The molecule has 0 unspecified atom stereocenters. The van der Waals surface area contributed by atoms with E-state index in [1.165, 1.54) is 5.56 Å². The van der Waals surface area contributed by atoms with Crippen LogP contribution in [-0.4, -0.2) is 39.1 Å². The van der Waals surface area contributed by atoms with Crippen molar-refractivity contribution >= 4 is 23.1 Å². The Morgan fingerprint density at radius 1 is 1.25 bits per heavy atom. The number of aliphatic imine (C=N–C) groups is 1. The quantitative estimate of drug-likeness (QED) is 0.920. The topological polar surface area (TPSA) is 53.9 Å². The van der Waals surface area contributed by atoms with Crippen molar-refractivity contribution in [2.75, 3.05) is 32.2 Å². The highest BCUT2D eigenvalue weighted by molar-refractivity contribution is 6.04. The van der Waals surface area contributed by atoms with Gasteiger partial charge in [0, 0.05) is 38.4 Å². The number of ether oxygens (including phenoxy) is 1. The van der Waals surface area contributed by atoms with E-state index in [1.807, 2.05) is 42.5 Å². The lowest BCUT2D eigenvalue weighted by molar-refractivity contribution is 0.0963. The minimum atomic E-state index is -0.0970. The van der Waals surface area contributed by atoms with E-state index in [9.17, 15) is 4.79 Å². The molecule has 0 aliphatic carbocycles. The third-order valence-corrected chi connectivity index (χ3v) is 4.07. The summed E-state index contributed by atoms with van der Waals surface area (Å²) in [5, 5.41) is 2.66. The van der Waals surface area contributed by atoms with Gasteiger partial charge in [0.1, 0.15) is 5.84 Å². The summed E-state index contributed by atoms with van der Waals surface area (Å²) in [5.74, 6) is 0.877. The average Bonchev–Trinajstić information content (AvgIpc) is 3.05. The fraction of sp³-hybridized carbons (Fsp3) is 0.263. The molecule has 0 fully saturated rings. The summed E-state index contributed by atoms with van der Waals surface area (Å²) in [6.07, 6.45) is 0.782. The van der Waals surface area contributed by atoms with Gasteiger partial charge in [-0.25, -0.2) is 4.99 Å². The molecule has 0 aromatic heterocycles. The maximum Gasteiger partial charge on any atom is 0.251 e. The van der Waals surface area contributed by atoms with Gasteiger partial charge in [0.2, 0.25) is 0 Å². The number of para-hydroxylation sites is 1. The predicted octanol–water partition coefficient (Wildman–Crippen LogP) is 2.79. The van der Waals surface area contributed by atoms with E-state index in [-0.39, 0.29) is 5.91 Å². The lowest BCUT2D eigenvalue weighted by Crippen LogP contribution is -2.34. The third-order valence-electron chi connectivity index (χ3n) is 4.07. The molecular formula is C19H21N3O2. The van der Waals surface area contributed by atoms with Crippen molar-refractivity contribution in [1.82, 2.24) is 5.32 Å². The Balaban J connectivity index is 1.92. The number of fused-ring (bicyclic) bond motifs is 1. The van der Waals surface area contributed by atoms with Crippen LogP contribution in [0.2, 0.25) is 0 Å². The second kappa shape index (κ2) is 7.27. The molecule has 0 spiro atoms. The Morgan fingerprint density at radius 2 is 2.08 bits per heavy atom. The Bertz CT molecular complexity index is 771. The van der Waals surface area contributed by atoms with E-state index in [2.05, 4.69) is 16.3 Å². The van der Waals surface area contributed by atoms with Crippen LogP contribution in [-0.2, 0) is 11.2 Å². The van der Waals surface area contributed by atoms with Crippen molar-refractivity contribution in [3.05, 3.63) is 59.7 Å². The van der Waals surface area contributed by atoms with E-state index in [4.69, 9.17) is 9.73 Å². The number of nitrogens with zero attached hydrogens (tertiary/aromatic N) is 2. The summed E-state index contributed by atoms with van der Waals surface area (Å²) in [6.45, 7) is 1.26. The minimum absolute atomic E-state index is 0.0970. The highest BCUT2D eigenvalue weighted by atomic mass is 16.5. The first kappa shape index (κ1) is 16.2. The van der Waals surface area contributed by atoms with Gasteiger partial charge in [-0.1, -0.05) is 24.3 Å². The van der Waals surface area contributed by atoms with Crippen molar-refractivity contribution in [1.29, 1.82) is 0 Å². The van der Waals surface area contributed by atoms with Gasteiger partial charge in [-0.15, -0.1) is 0 Å². The molecule has 0 saturated heterocycles. The van der Waals surface area contributed by atoms with Crippen LogP contribution in [0.1, 0.15) is 15.9 Å². The number of anilines is 1. The highest BCUT2D eigenvalue weighted by Gasteiger charge is 2.21. The molecule has 5 nitrogen and oxygen atoms in total. The lowest BCUT2D eigenvalue weighted by atomic mass is 10.1. The summed E-state index contributed by atoms with van der Waals surface area (Å²) < 4.78 is 5.25. The highest BCUT2D eigenvalue weighted by Crippen LogP contribution is 2.29. The maximum atomic E-state index is 11.9. The molecule has 0 radical (unpaired) electrons. The number of benzene rings is 2. The smallest absolute Gasteiger partial charge is 0.251 e. The number of hydrogen-bond acceptors (Lipinski definition) is 4. The number of amides is 1. The van der Waals surface area contributed by atoms with Crippen molar-refractivity contribution in [3.63, 3.8) is 0 Å². The normalized spacial score (nSPS) is 12.5. The Kier molecular flexibility index (Phi) is 4.91. The molecule has 0 bridgehead atoms. The number of nitrogens with one attached hydrogen (secondary N) is 1. The van der Waals surface area contributed by atoms with Crippen LogP contribution in [0.5, 0.6) is 0 Å². The summed E-state index contributed by atoms with van der Waals surface area (Å²) >= 11 is 0. The zero-order valence-electron chi connectivity index (χ0n) is 14.0. The number of hydrogen-bond donors (Lipinski definition) is 1. The largest absolute Gasteiger partial charge is 0.383 e. The minimum Gasteiger partial charge on any atom is -0.383 e. The van der Waals surface area contributed by atoms with Crippen molar-refractivity contribution in [3.8, 4) is 0 Å². The van der Waals surface area contributed by atoms with Crippen molar-refractivity contribution in [2.45, 2.75) is 6.42 Å². The van der Waals surface area contributed by atoms with E-state index < -0.39 is 0 Å². The Labute approximate surface area is 142 Å². The molecule has 24 heavy (non-hydrogen) atoms. The molecule has 1 N–H and O–H groups in total. The number of carbonyl (C=O) groups is 1. The van der Waals surface area contributed by atoms with Gasteiger partial charge in [0.25, 0.3) is 5.91 Å². The Hall–Kier alpha value is -2.66. The lowest BCUT2D eigenvalue weighted by Gasteiger charge is -2.25. The van der Waals surface area contributed by atoms with Crippen LogP contribution in [0.25, 0.3) is 0 Å². The van der Waals surface area contributed by atoms with Crippen LogP contribution in [0.15, 0.2) is 53.5 Å². The van der Waals surface area contributed by atoms with E-state index in [1.54, 1.807) is 14.2 Å². The van der Waals surface area contributed by atoms with Crippen molar-refractivity contribution in [2.24, 2.45) is 4.99 Å². The van der Waals surface area contributed by atoms with Gasteiger partial charge >= 0.3 is 0 Å². The maximum absolute atomic E-state index is 11.9. The monoisotopic (exact) mass is 323 g/mol. The van der Waals surface area contributed by atoms with Gasteiger partial charge in [-0.3, -0.25) is 4.79 Å². The molecule has 2 aromatic carbocycles. The van der Waals surface area contributed by atoms with Crippen LogP contribution in [0.4, 0.5) is 11.4 Å². The van der Waals surface area contributed by atoms with Crippen LogP contribution in [0.3, 0.4) is 0 Å². The summed E-state index contributed by atoms with van der Waals surface area (Å²) in [6, 6.07) is 15.7. The average molecular weight is 323 g/mol. The predicted molar refractivity (Wildman–Crippen MR) is 96.3 cm³/mol. The first-order valence-corrected chi connectivity index (χ1v) is 7.97. The number of carbonyl (C=O) groups excluding carboxylic acids is 1. The van der Waals surface area contributed by atoms with Gasteiger partial charge < -0.3 is 15.0 Å².